The summed E-state index contributed by atoms with van der Waals surface area (Å²) in [5, 5.41) is 22.1. The molecule has 0 amide bonds. The van der Waals surface area contributed by atoms with Crippen LogP contribution in [0.25, 0.3) is 0 Å². The molecule has 1 aliphatic heterocycles. The molecule has 3 heteroatoms. The molecule has 0 aromatic heterocycles. The average molecular weight is 461 g/mol. The van der Waals surface area contributed by atoms with E-state index in [2.05, 4.69) is 65.8 Å². The zero-order chi connectivity index (χ0) is 25.1. The summed E-state index contributed by atoms with van der Waals surface area (Å²) >= 11 is 0. The zero-order valence-electron chi connectivity index (χ0n) is 22.8. The van der Waals surface area contributed by atoms with Crippen LogP contribution in [0.5, 0.6) is 0 Å². The van der Waals surface area contributed by atoms with E-state index in [4.69, 9.17) is 4.74 Å². The Morgan fingerprint density at radius 1 is 0.667 bits per heavy atom. The maximum atomic E-state index is 11.1. The van der Waals surface area contributed by atoms with Gasteiger partial charge >= 0.3 is 0 Å². The van der Waals surface area contributed by atoms with Gasteiger partial charge in [-0.15, -0.1) is 0 Å². The van der Waals surface area contributed by atoms with E-state index in [0.29, 0.717) is 12.8 Å². The van der Waals surface area contributed by atoms with Crippen LogP contribution in [0.1, 0.15) is 120 Å². The molecule has 0 saturated carbocycles. The molecule has 0 aliphatic carbocycles. The van der Waals surface area contributed by atoms with Crippen LogP contribution in [0.15, 0.2) is 46.6 Å². The second kappa shape index (κ2) is 14.3. The zero-order valence-corrected chi connectivity index (χ0v) is 22.8. The lowest BCUT2D eigenvalue weighted by molar-refractivity contribution is -0.145. The van der Waals surface area contributed by atoms with E-state index < -0.39 is 11.2 Å². The van der Waals surface area contributed by atoms with Crippen molar-refractivity contribution >= 4 is 0 Å². The van der Waals surface area contributed by atoms with E-state index >= 15 is 0 Å². The number of rotatable bonds is 14. The SMILES string of the molecule is CC(C)=CCC/C(C)=C\CC[C@](C)(O)[C@H]1CC[C@@H]([C@](C)(O)CC/C=C(/C)CCC=C(C)C)O1. The molecule has 1 saturated heterocycles. The lowest BCUT2D eigenvalue weighted by Gasteiger charge is -2.33. The summed E-state index contributed by atoms with van der Waals surface area (Å²) in [5.41, 5.74) is 3.73. The number of hydrogen-bond donors (Lipinski definition) is 2. The van der Waals surface area contributed by atoms with Crippen LogP contribution in [-0.2, 0) is 4.74 Å². The van der Waals surface area contributed by atoms with Gasteiger partial charge < -0.3 is 14.9 Å². The molecule has 1 rings (SSSR count). The molecule has 1 heterocycles. The van der Waals surface area contributed by atoms with Gasteiger partial charge in [0.15, 0.2) is 0 Å². The lowest BCUT2D eigenvalue weighted by Crippen LogP contribution is -2.43. The van der Waals surface area contributed by atoms with E-state index in [1.54, 1.807) is 0 Å². The van der Waals surface area contributed by atoms with Crippen molar-refractivity contribution in [3.8, 4) is 0 Å². The van der Waals surface area contributed by atoms with Crippen molar-refractivity contribution < 1.29 is 14.9 Å². The fraction of sp³-hybridized carbons (Fsp3) is 0.733. The van der Waals surface area contributed by atoms with E-state index in [0.717, 1.165) is 51.4 Å². The predicted molar refractivity (Wildman–Crippen MR) is 142 cm³/mol. The third-order valence-electron chi connectivity index (χ3n) is 6.88. The monoisotopic (exact) mass is 460 g/mol. The maximum Gasteiger partial charge on any atom is 0.0883 e. The Balaban J connectivity index is 2.48. The Morgan fingerprint density at radius 2 is 1.03 bits per heavy atom. The number of hydrogen-bond acceptors (Lipinski definition) is 3. The van der Waals surface area contributed by atoms with Crippen molar-refractivity contribution in [2.24, 2.45) is 0 Å². The molecule has 0 aromatic carbocycles. The van der Waals surface area contributed by atoms with Gasteiger partial charge in [-0.1, -0.05) is 46.6 Å². The molecule has 4 atom stereocenters. The predicted octanol–water partition coefficient (Wildman–Crippen LogP) is 7.98. The molecule has 2 N–H and O–H groups in total. The van der Waals surface area contributed by atoms with Gasteiger partial charge in [-0.25, -0.2) is 0 Å². The van der Waals surface area contributed by atoms with Crippen molar-refractivity contribution in [3.05, 3.63) is 46.6 Å². The van der Waals surface area contributed by atoms with E-state index in [9.17, 15) is 10.2 Å². The maximum absolute atomic E-state index is 11.1. The van der Waals surface area contributed by atoms with Gasteiger partial charge in [-0.3, -0.25) is 0 Å². The summed E-state index contributed by atoms with van der Waals surface area (Å²) in [6.07, 6.45) is 17.6. The standard InChI is InChI=1S/C30H52O3/c1-23(2)13-9-15-25(5)17-11-21-29(7,31)27-19-20-28(33-27)30(8,32)22-12-18-26(6)16-10-14-24(3)4/h13-14,17-18,27-28,31-32H,9-12,15-16,19-22H2,1-8H3/b25-17-,26-18-/t27-,28+,29+,30-. The molecule has 190 valence electrons. The molecule has 3 nitrogen and oxygen atoms in total. The minimum atomic E-state index is -0.872. The Labute approximate surface area is 204 Å². The Bertz CT molecular complexity index is 638. The van der Waals surface area contributed by atoms with Crippen LogP contribution in [0.3, 0.4) is 0 Å². The highest BCUT2D eigenvalue weighted by Crippen LogP contribution is 2.37. The molecule has 1 fully saturated rings. The third kappa shape index (κ3) is 12.2. The fourth-order valence-electron chi connectivity index (χ4n) is 4.48. The summed E-state index contributed by atoms with van der Waals surface area (Å²) in [4.78, 5) is 0. The summed E-state index contributed by atoms with van der Waals surface area (Å²) < 4.78 is 6.23. The quantitative estimate of drug-likeness (QED) is 0.258. The first-order valence-corrected chi connectivity index (χ1v) is 13.0. The highest BCUT2D eigenvalue weighted by atomic mass is 16.5. The fourth-order valence-corrected chi connectivity index (χ4v) is 4.48. The molecule has 1 aliphatic rings. The van der Waals surface area contributed by atoms with Crippen LogP contribution in [0, 0.1) is 0 Å². The van der Waals surface area contributed by atoms with Gasteiger partial charge in [0.05, 0.1) is 23.4 Å². The van der Waals surface area contributed by atoms with Gasteiger partial charge in [0.1, 0.15) is 0 Å². The highest BCUT2D eigenvalue weighted by molar-refractivity contribution is 5.05. The van der Waals surface area contributed by atoms with Crippen LogP contribution < -0.4 is 0 Å². The minimum absolute atomic E-state index is 0.213. The molecule has 0 spiro atoms. The number of ether oxygens (including phenoxy) is 1. The van der Waals surface area contributed by atoms with Gasteiger partial charge in [0.2, 0.25) is 0 Å². The molecular formula is C30H52O3. The molecule has 0 aromatic rings. The molecule has 33 heavy (non-hydrogen) atoms. The normalized spacial score (nSPS) is 23.1. The third-order valence-corrected chi connectivity index (χ3v) is 6.88. The minimum Gasteiger partial charge on any atom is -0.387 e. The first kappa shape index (κ1) is 29.9. The van der Waals surface area contributed by atoms with Crippen LogP contribution in [-0.4, -0.2) is 33.6 Å². The van der Waals surface area contributed by atoms with Crippen LogP contribution >= 0.6 is 0 Å². The van der Waals surface area contributed by atoms with Crippen molar-refractivity contribution in [2.75, 3.05) is 0 Å². The lowest BCUT2D eigenvalue weighted by atomic mass is 9.89. The average Bonchev–Trinajstić information content (AvgIpc) is 3.19. The Kier molecular flexibility index (Phi) is 12.9. The van der Waals surface area contributed by atoms with E-state index in [-0.39, 0.29) is 12.2 Å². The number of allylic oxidation sites excluding steroid dienone is 8. The summed E-state index contributed by atoms with van der Waals surface area (Å²) in [5.74, 6) is 0. The molecular weight excluding hydrogens is 408 g/mol. The van der Waals surface area contributed by atoms with Crippen LogP contribution in [0.2, 0.25) is 0 Å². The second-order valence-electron chi connectivity index (χ2n) is 11.2. The largest absolute Gasteiger partial charge is 0.387 e. The topological polar surface area (TPSA) is 49.7 Å². The summed E-state index contributed by atoms with van der Waals surface area (Å²) in [6.45, 7) is 16.6. The van der Waals surface area contributed by atoms with Crippen LogP contribution in [0.4, 0.5) is 0 Å². The summed E-state index contributed by atoms with van der Waals surface area (Å²) in [7, 11) is 0. The summed E-state index contributed by atoms with van der Waals surface area (Å²) in [6, 6.07) is 0. The second-order valence-corrected chi connectivity index (χ2v) is 11.2. The van der Waals surface area contributed by atoms with Gasteiger partial charge in [0, 0.05) is 0 Å². The van der Waals surface area contributed by atoms with Crippen molar-refractivity contribution in [3.63, 3.8) is 0 Å². The Morgan fingerprint density at radius 3 is 1.36 bits per heavy atom. The first-order valence-electron chi connectivity index (χ1n) is 13.0. The molecule has 0 radical (unpaired) electrons. The van der Waals surface area contributed by atoms with E-state index in [1.807, 2.05) is 13.8 Å². The van der Waals surface area contributed by atoms with Gasteiger partial charge in [-0.05, 0) is 120 Å². The van der Waals surface area contributed by atoms with Crippen molar-refractivity contribution in [1.29, 1.82) is 0 Å². The highest BCUT2D eigenvalue weighted by Gasteiger charge is 2.44. The first-order chi connectivity index (χ1) is 15.3. The van der Waals surface area contributed by atoms with Crippen molar-refractivity contribution in [2.45, 2.75) is 143 Å². The smallest absolute Gasteiger partial charge is 0.0883 e. The number of aliphatic hydroxyl groups is 2. The van der Waals surface area contributed by atoms with E-state index in [1.165, 1.54) is 22.3 Å². The van der Waals surface area contributed by atoms with Gasteiger partial charge in [-0.2, -0.15) is 0 Å². The Hall–Kier alpha value is -1.16. The van der Waals surface area contributed by atoms with Gasteiger partial charge in [0.25, 0.3) is 0 Å². The molecule has 0 bridgehead atoms. The van der Waals surface area contributed by atoms with Crippen molar-refractivity contribution in [1.82, 2.24) is 0 Å². The molecule has 0 unspecified atom stereocenters.